The third-order valence-corrected chi connectivity index (χ3v) is 4.34. The van der Waals surface area contributed by atoms with E-state index in [9.17, 15) is 19.2 Å². The summed E-state index contributed by atoms with van der Waals surface area (Å²) in [6.45, 7) is 1.25. The molecule has 0 unspecified atom stereocenters. The summed E-state index contributed by atoms with van der Waals surface area (Å²) in [5.74, 6) is -2.49. The van der Waals surface area contributed by atoms with Crippen LogP contribution in [0.2, 0.25) is 0 Å². The van der Waals surface area contributed by atoms with Crippen molar-refractivity contribution in [3.8, 4) is 0 Å². The number of ether oxygens (including phenoxy) is 1. The van der Waals surface area contributed by atoms with E-state index in [1.165, 1.54) is 6.07 Å². The number of carbonyl (C=O) groups is 4. The lowest BCUT2D eigenvalue weighted by Crippen LogP contribution is -2.36. The highest BCUT2D eigenvalue weighted by molar-refractivity contribution is 6.52. The van der Waals surface area contributed by atoms with Crippen molar-refractivity contribution in [3.63, 3.8) is 0 Å². The van der Waals surface area contributed by atoms with E-state index in [2.05, 4.69) is 6.92 Å². The molecule has 2 aromatic rings. The van der Waals surface area contributed by atoms with Gasteiger partial charge in [-0.1, -0.05) is 49.7 Å². The van der Waals surface area contributed by atoms with Crippen molar-refractivity contribution in [3.05, 3.63) is 65.2 Å². The number of benzene rings is 2. The van der Waals surface area contributed by atoms with E-state index in [4.69, 9.17) is 4.74 Å². The highest BCUT2D eigenvalue weighted by atomic mass is 16.5. The Morgan fingerprint density at radius 2 is 1.70 bits per heavy atom. The van der Waals surface area contributed by atoms with Crippen LogP contribution in [0, 0.1) is 0 Å². The molecule has 0 radical (unpaired) electrons. The third-order valence-electron chi connectivity index (χ3n) is 4.34. The molecule has 0 atom stereocenters. The number of Topliss-reactive ketones (excluding diaryl/α,β-unsaturated/α-hetero) is 2. The Bertz CT molecular complexity index is 901. The number of aryl methyl sites for hydroxylation is 1. The number of hydrogen-bond acceptors (Lipinski definition) is 5. The second-order valence-corrected chi connectivity index (χ2v) is 6.27. The van der Waals surface area contributed by atoms with Crippen LogP contribution in [-0.4, -0.2) is 36.6 Å². The van der Waals surface area contributed by atoms with Crippen molar-refractivity contribution in [2.75, 3.05) is 18.1 Å². The van der Waals surface area contributed by atoms with E-state index in [0.717, 1.165) is 23.3 Å². The Morgan fingerprint density at radius 1 is 1.00 bits per heavy atom. The summed E-state index contributed by atoms with van der Waals surface area (Å²) >= 11 is 0. The Balaban J connectivity index is 1.58. The molecule has 6 nitrogen and oxygen atoms in total. The normalized spacial score (nSPS) is 12.9. The zero-order valence-corrected chi connectivity index (χ0v) is 14.9. The van der Waals surface area contributed by atoms with Gasteiger partial charge in [-0.25, -0.2) is 0 Å². The molecule has 0 aromatic heterocycles. The van der Waals surface area contributed by atoms with Crippen molar-refractivity contribution in [2.45, 2.75) is 19.8 Å². The topological polar surface area (TPSA) is 80.8 Å². The molecule has 1 amide bonds. The number of fused-ring (bicyclic) bond motifs is 1. The third kappa shape index (κ3) is 3.95. The molecule has 3 rings (SSSR count). The SMILES string of the molecule is CCCc1ccc(C(=O)COC(=O)CN2C(=O)C(=O)c3ccccc32)cc1. The molecule has 0 aliphatic carbocycles. The molecule has 0 saturated carbocycles. The number of ketones is 2. The van der Waals surface area contributed by atoms with Crippen molar-refractivity contribution >= 4 is 29.1 Å². The van der Waals surface area contributed by atoms with Gasteiger partial charge in [0.2, 0.25) is 0 Å². The van der Waals surface area contributed by atoms with E-state index in [1.807, 2.05) is 12.1 Å². The minimum absolute atomic E-state index is 0.263. The number of para-hydroxylation sites is 1. The predicted octanol–water partition coefficient (Wildman–Crippen LogP) is 2.59. The molecule has 0 N–H and O–H groups in total. The zero-order chi connectivity index (χ0) is 19.4. The molecule has 138 valence electrons. The second-order valence-electron chi connectivity index (χ2n) is 6.27. The Labute approximate surface area is 156 Å². The van der Waals surface area contributed by atoms with Crippen LogP contribution in [-0.2, 0) is 20.7 Å². The monoisotopic (exact) mass is 365 g/mol. The van der Waals surface area contributed by atoms with E-state index < -0.39 is 30.8 Å². The lowest BCUT2D eigenvalue weighted by atomic mass is 10.1. The lowest BCUT2D eigenvalue weighted by Gasteiger charge is -2.15. The van der Waals surface area contributed by atoms with Gasteiger partial charge < -0.3 is 4.74 Å². The molecule has 0 bridgehead atoms. The van der Waals surface area contributed by atoms with Gasteiger partial charge in [-0.2, -0.15) is 0 Å². The van der Waals surface area contributed by atoms with E-state index in [-0.39, 0.29) is 11.3 Å². The Kier molecular flexibility index (Phi) is 5.45. The summed E-state index contributed by atoms with van der Waals surface area (Å²) in [5.41, 5.74) is 2.24. The van der Waals surface area contributed by atoms with E-state index in [0.29, 0.717) is 11.3 Å². The number of carbonyl (C=O) groups excluding carboxylic acids is 4. The minimum atomic E-state index is -0.772. The van der Waals surface area contributed by atoms with E-state index >= 15 is 0 Å². The van der Waals surface area contributed by atoms with Crippen molar-refractivity contribution < 1.29 is 23.9 Å². The smallest absolute Gasteiger partial charge is 0.326 e. The van der Waals surface area contributed by atoms with Gasteiger partial charge >= 0.3 is 5.97 Å². The molecular weight excluding hydrogens is 346 g/mol. The maximum absolute atomic E-state index is 12.2. The quantitative estimate of drug-likeness (QED) is 0.428. The van der Waals surface area contributed by atoms with Crippen molar-refractivity contribution in [1.29, 1.82) is 0 Å². The van der Waals surface area contributed by atoms with Crippen LogP contribution >= 0.6 is 0 Å². The molecule has 2 aromatic carbocycles. The summed E-state index contributed by atoms with van der Waals surface area (Å²) in [5, 5.41) is 0. The largest absolute Gasteiger partial charge is 0.456 e. The van der Waals surface area contributed by atoms with Gasteiger partial charge in [0.25, 0.3) is 11.7 Å². The number of rotatable bonds is 7. The zero-order valence-electron chi connectivity index (χ0n) is 14.9. The molecule has 0 fully saturated rings. The first-order chi connectivity index (χ1) is 13.0. The highest BCUT2D eigenvalue weighted by Crippen LogP contribution is 2.28. The van der Waals surface area contributed by atoms with Gasteiger partial charge in [0.1, 0.15) is 6.54 Å². The molecule has 6 heteroatoms. The maximum Gasteiger partial charge on any atom is 0.326 e. The molecule has 0 spiro atoms. The van der Waals surface area contributed by atoms with Crippen LogP contribution in [0.4, 0.5) is 5.69 Å². The fraction of sp³-hybridized carbons (Fsp3) is 0.238. The first-order valence-electron chi connectivity index (χ1n) is 8.74. The summed E-state index contributed by atoms with van der Waals surface area (Å²) in [7, 11) is 0. The van der Waals surface area contributed by atoms with Crippen molar-refractivity contribution in [1.82, 2.24) is 0 Å². The van der Waals surface area contributed by atoms with Crippen LogP contribution in [0.25, 0.3) is 0 Å². The van der Waals surface area contributed by atoms with Crippen LogP contribution in [0.1, 0.15) is 39.6 Å². The maximum atomic E-state index is 12.2. The van der Waals surface area contributed by atoms with Gasteiger partial charge in [0.15, 0.2) is 12.4 Å². The average molecular weight is 365 g/mol. The van der Waals surface area contributed by atoms with Gasteiger partial charge in [0.05, 0.1) is 11.3 Å². The van der Waals surface area contributed by atoms with Crippen LogP contribution in [0.3, 0.4) is 0 Å². The van der Waals surface area contributed by atoms with Gasteiger partial charge in [0, 0.05) is 5.56 Å². The Hall–Kier alpha value is -3.28. The fourth-order valence-corrected chi connectivity index (χ4v) is 2.96. The van der Waals surface area contributed by atoms with Gasteiger partial charge in [-0.05, 0) is 24.1 Å². The molecule has 1 heterocycles. The summed E-state index contributed by atoms with van der Waals surface area (Å²) < 4.78 is 5.00. The summed E-state index contributed by atoms with van der Waals surface area (Å²) in [4.78, 5) is 49.2. The molecule has 1 aliphatic rings. The molecule has 0 saturated heterocycles. The van der Waals surface area contributed by atoms with Crippen LogP contribution < -0.4 is 4.90 Å². The fourth-order valence-electron chi connectivity index (χ4n) is 2.96. The highest BCUT2D eigenvalue weighted by Gasteiger charge is 2.36. The summed E-state index contributed by atoms with van der Waals surface area (Å²) in [6, 6.07) is 13.6. The minimum Gasteiger partial charge on any atom is -0.456 e. The number of nitrogens with zero attached hydrogens (tertiary/aromatic N) is 1. The van der Waals surface area contributed by atoms with Gasteiger partial charge in [-0.15, -0.1) is 0 Å². The number of esters is 1. The number of amides is 1. The molecule has 1 aliphatic heterocycles. The van der Waals surface area contributed by atoms with Crippen LogP contribution in [0.5, 0.6) is 0 Å². The summed E-state index contributed by atoms with van der Waals surface area (Å²) in [6.07, 6.45) is 1.96. The van der Waals surface area contributed by atoms with Crippen LogP contribution in [0.15, 0.2) is 48.5 Å². The first kappa shape index (κ1) is 18.5. The number of anilines is 1. The predicted molar refractivity (Wildman–Crippen MR) is 98.9 cm³/mol. The molecule has 27 heavy (non-hydrogen) atoms. The average Bonchev–Trinajstić information content (AvgIpc) is 2.92. The van der Waals surface area contributed by atoms with E-state index in [1.54, 1.807) is 30.3 Å². The first-order valence-corrected chi connectivity index (χ1v) is 8.74. The van der Waals surface area contributed by atoms with Crippen molar-refractivity contribution in [2.24, 2.45) is 0 Å². The second kappa shape index (κ2) is 7.95. The molecular formula is C21H19NO5. The standard InChI is InChI=1S/C21H19NO5/c1-2-5-14-8-10-15(11-9-14)18(23)13-27-19(24)12-22-17-7-4-3-6-16(17)20(25)21(22)26/h3-4,6-11H,2,5,12-13H2,1H3. The number of hydrogen-bond donors (Lipinski definition) is 0. The Morgan fingerprint density at radius 3 is 2.41 bits per heavy atom. The van der Waals surface area contributed by atoms with Gasteiger partial charge in [-0.3, -0.25) is 24.1 Å². The lowest BCUT2D eigenvalue weighted by molar-refractivity contribution is -0.141.